The molecule has 0 aliphatic carbocycles. The fourth-order valence-corrected chi connectivity index (χ4v) is 12.8. The molecule has 96 valence electrons. The van der Waals surface area contributed by atoms with E-state index >= 15 is 0 Å². The van der Waals surface area contributed by atoms with Gasteiger partial charge in [0.2, 0.25) is 0 Å². The van der Waals surface area contributed by atoms with Crippen LogP contribution in [-0.2, 0) is 0 Å². The summed E-state index contributed by atoms with van der Waals surface area (Å²) in [6, 6.07) is 0. The van der Waals surface area contributed by atoms with Crippen molar-refractivity contribution in [2.75, 3.05) is 0 Å². The fraction of sp³-hybridized carbons (Fsp3) is 0.867. The molecule has 0 unspecified atom stereocenters. The molecule has 0 atom stereocenters. The van der Waals surface area contributed by atoms with Gasteiger partial charge in [0.1, 0.15) is 0 Å². The monoisotopic (exact) mass is 332 g/mol. The predicted molar refractivity (Wildman–Crippen MR) is 80.8 cm³/mol. The molecule has 0 aromatic carbocycles. The van der Waals surface area contributed by atoms with E-state index < -0.39 is 19.8 Å². The van der Waals surface area contributed by atoms with Crippen molar-refractivity contribution in [2.45, 2.75) is 79.5 Å². The summed E-state index contributed by atoms with van der Waals surface area (Å²) in [7, 11) is 0. The Bertz CT molecular complexity index is 127. The Labute approximate surface area is 111 Å². The molecular formula is C15H32Sn. The summed E-state index contributed by atoms with van der Waals surface area (Å²) in [5.41, 5.74) is 0. The standard InChI is InChI=1S/3C4H9.C3H4.Sn.H/c3*1-3-4-2;1-3-2;;/h3*1,3-4H2,2H3;1H,2H3;;. The minimum absolute atomic E-state index is 0.967. The summed E-state index contributed by atoms with van der Waals surface area (Å²) >= 11 is -0.967. The van der Waals surface area contributed by atoms with Gasteiger partial charge in [-0.1, -0.05) is 0 Å². The zero-order valence-corrected chi connectivity index (χ0v) is 15.3. The zero-order chi connectivity index (χ0) is 12.6. The van der Waals surface area contributed by atoms with Crippen LogP contribution in [0, 0.1) is 12.3 Å². The first kappa shape index (κ1) is 18.7. The number of rotatable bonds is 9. The molecule has 0 spiro atoms. The van der Waals surface area contributed by atoms with Gasteiger partial charge in [0.15, 0.2) is 0 Å². The van der Waals surface area contributed by atoms with Crippen LogP contribution < -0.4 is 0 Å². The van der Waals surface area contributed by atoms with Crippen LogP contribution >= 0.6 is 0 Å². The summed E-state index contributed by atoms with van der Waals surface area (Å²) in [5.74, 6) is 2.25. The summed E-state index contributed by atoms with van der Waals surface area (Å²) in [4.78, 5) is 0. The van der Waals surface area contributed by atoms with Crippen LogP contribution in [0.4, 0.5) is 0 Å². The van der Waals surface area contributed by atoms with Gasteiger partial charge < -0.3 is 0 Å². The molecule has 1 heteroatoms. The topological polar surface area (TPSA) is 0 Å². The molecule has 0 heterocycles. The molecule has 0 nitrogen and oxygen atoms in total. The Morgan fingerprint density at radius 2 is 1.06 bits per heavy atom. The van der Waals surface area contributed by atoms with Gasteiger partial charge in [-0.25, -0.2) is 0 Å². The average Bonchev–Trinajstić information content (AvgIpc) is 2.29. The van der Waals surface area contributed by atoms with Gasteiger partial charge in [-0.05, 0) is 6.92 Å². The molecule has 0 fully saturated rings. The molecule has 0 saturated heterocycles. The number of hydrogen-bond acceptors (Lipinski definition) is 0. The first-order valence-corrected chi connectivity index (χ1v) is 14.1. The third kappa shape index (κ3) is 16.8. The van der Waals surface area contributed by atoms with Crippen molar-refractivity contribution in [3.05, 3.63) is 0 Å². The maximum atomic E-state index is 4.60. The van der Waals surface area contributed by atoms with Crippen molar-refractivity contribution in [1.82, 2.24) is 0 Å². The van der Waals surface area contributed by atoms with E-state index in [0.29, 0.717) is 0 Å². The Morgan fingerprint density at radius 3 is 1.25 bits per heavy atom. The molecule has 0 aliphatic heterocycles. The zero-order valence-electron chi connectivity index (χ0n) is 12.0. The van der Waals surface area contributed by atoms with Gasteiger partial charge in [0, 0.05) is 0 Å². The average molecular weight is 331 g/mol. The van der Waals surface area contributed by atoms with Crippen molar-refractivity contribution in [3.8, 4) is 12.3 Å². The van der Waals surface area contributed by atoms with Crippen LogP contribution in [0.5, 0.6) is 0 Å². The predicted octanol–water partition coefficient (Wildman–Crippen LogP) is 5.25. The summed E-state index contributed by atoms with van der Waals surface area (Å²) in [6.07, 6.45) is 13.5. The Kier molecular flexibility index (Phi) is 20.8. The fourth-order valence-electron chi connectivity index (χ4n) is 1.91. The Balaban J connectivity index is 0. The second-order valence-electron chi connectivity index (χ2n) is 4.58. The molecular weight excluding hydrogens is 299 g/mol. The summed E-state index contributed by atoms with van der Waals surface area (Å²) in [6.45, 7) is 8.66. The maximum absolute atomic E-state index is 4.60. The molecule has 0 amide bonds. The van der Waals surface area contributed by atoms with Gasteiger partial charge in [-0.3, -0.25) is 0 Å². The van der Waals surface area contributed by atoms with E-state index in [9.17, 15) is 0 Å². The minimum atomic E-state index is -0.967. The quantitative estimate of drug-likeness (QED) is 0.400. The van der Waals surface area contributed by atoms with Crippen LogP contribution in [0.2, 0.25) is 13.3 Å². The number of unbranched alkanes of at least 4 members (excludes halogenated alkanes) is 3. The van der Waals surface area contributed by atoms with Crippen molar-refractivity contribution in [1.29, 1.82) is 0 Å². The molecule has 0 N–H and O–H groups in total. The van der Waals surface area contributed by atoms with E-state index in [1.54, 1.807) is 20.2 Å². The van der Waals surface area contributed by atoms with Crippen molar-refractivity contribution < 1.29 is 0 Å². The van der Waals surface area contributed by atoms with Gasteiger partial charge in [0.05, 0.1) is 0 Å². The van der Waals surface area contributed by atoms with Gasteiger partial charge in [-0.2, -0.15) is 0 Å². The van der Waals surface area contributed by atoms with E-state index in [2.05, 4.69) is 33.1 Å². The molecule has 0 saturated carbocycles. The molecule has 0 radical (unpaired) electrons. The van der Waals surface area contributed by atoms with Crippen LogP contribution in [-0.4, -0.2) is 19.8 Å². The van der Waals surface area contributed by atoms with Gasteiger partial charge in [-0.15, -0.1) is 12.3 Å². The third-order valence-corrected chi connectivity index (χ3v) is 13.4. The molecule has 0 rings (SSSR count). The van der Waals surface area contributed by atoms with Gasteiger partial charge in [0.25, 0.3) is 0 Å². The van der Waals surface area contributed by atoms with E-state index in [4.69, 9.17) is 0 Å². The van der Waals surface area contributed by atoms with Crippen LogP contribution in [0.25, 0.3) is 0 Å². The number of hydrogen-bond donors (Lipinski definition) is 0. The van der Waals surface area contributed by atoms with Crippen molar-refractivity contribution in [2.24, 2.45) is 0 Å². The van der Waals surface area contributed by atoms with Crippen LogP contribution in [0.1, 0.15) is 66.2 Å². The number of terminal acetylenes is 1. The molecule has 0 bridgehead atoms. The molecule has 0 aliphatic rings. The van der Waals surface area contributed by atoms with E-state index in [-0.39, 0.29) is 0 Å². The van der Waals surface area contributed by atoms with E-state index in [1.807, 2.05) is 0 Å². The second kappa shape index (κ2) is 17.7. The SMILES string of the molecule is C#CC.CCC[CH2][SnH]([CH2]CCC)[CH2]CCC. The molecule has 0 aromatic rings. The van der Waals surface area contributed by atoms with E-state index in [0.717, 1.165) is 0 Å². The first-order valence-electron chi connectivity index (χ1n) is 7.13. The molecule has 16 heavy (non-hydrogen) atoms. The van der Waals surface area contributed by atoms with E-state index in [1.165, 1.54) is 38.5 Å². The van der Waals surface area contributed by atoms with Crippen LogP contribution in [0.15, 0.2) is 0 Å². The van der Waals surface area contributed by atoms with Crippen molar-refractivity contribution in [3.63, 3.8) is 0 Å². The third-order valence-electron chi connectivity index (χ3n) is 2.90. The van der Waals surface area contributed by atoms with Crippen LogP contribution in [0.3, 0.4) is 0 Å². The molecule has 0 aromatic heterocycles. The van der Waals surface area contributed by atoms with Gasteiger partial charge >= 0.3 is 92.4 Å². The Hall–Kier alpha value is 0.359. The van der Waals surface area contributed by atoms with Crippen molar-refractivity contribution >= 4 is 19.8 Å². The first-order chi connectivity index (χ1) is 7.76. The summed E-state index contributed by atoms with van der Waals surface area (Å²) in [5, 5.41) is 0. The second-order valence-corrected chi connectivity index (χ2v) is 14.5. The Morgan fingerprint density at radius 1 is 0.812 bits per heavy atom. The summed E-state index contributed by atoms with van der Waals surface area (Å²) < 4.78 is 5.08. The normalized spacial score (nSPS) is 9.50.